The average Bonchev–Trinajstić information content (AvgIpc) is 3.05. The second-order valence-electron chi connectivity index (χ2n) is 6.78. The van der Waals surface area contributed by atoms with Crippen LogP contribution in [-0.2, 0) is 17.5 Å². The van der Waals surface area contributed by atoms with E-state index in [1.165, 1.54) is 36.5 Å². The third-order valence-electron chi connectivity index (χ3n) is 4.66. The number of hydrogen-bond acceptors (Lipinski definition) is 4. The zero-order chi connectivity index (χ0) is 22.0. The minimum absolute atomic E-state index is 0.0872. The summed E-state index contributed by atoms with van der Waals surface area (Å²) in [4.78, 5) is 16.2. The largest absolute Gasteiger partial charge is 0.418 e. The van der Waals surface area contributed by atoms with E-state index in [-0.39, 0.29) is 23.5 Å². The molecule has 2 heterocycles. The Morgan fingerprint density at radius 2 is 1.90 bits per heavy atom. The lowest BCUT2D eigenvalue weighted by Crippen LogP contribution is -2.12. The molecule has 3 aromatic rings. The highest BCUT2D eigenvalue weighted by Gasteiger charge is 2.34. The van der Waals surface area contributed by atoms with E-state index in [1.54, 1.807) is 24.4 Å². The van der Waals surface area contributed by atoms with Crippen LogP contribution in [0.5, 0.6) is 0 Å². The molecule has 0 spiro atoms. The number of amides is 1. The number of anilines is 3. The lowest BCUT2D eigenvalue weighted by atomic mass is 10.1. The van der Waals surface area contributed by atoms with Crippen LogP contribution in [-0.4, -0.2) is 10.9 Å². The highest BCUT2D eigenvalue weighted by molar-refractivity contribution is 6.31. The van der Waals surface area contributed by atoms with E-state index in [9.17, 15) is 22.4 Å². The molecule has 2 aromatic carbocycles. The van der Waals surface area contributed by atoms with Crippen molar-refractivity contribution < 1.29 is 22.4 Å². The van der Waals surface area contributed by atoms with Crippen molar-refractivity contribution in [3.05, 3.63) is 89.6 Å². The van der Waals surface area contributed by atoms with Crippen LogP contribution in [0.1, 0.15) is 16.8 Å². The van der Waals surface area contributed by atoms with Gasteiger partial charge in [-0.1, -0.05) is 6.07 Å². The Hall–Kier alpha value is -3.88. The van der Waals surface area contributed by atoms with E-state index in [2.05, 4.69) is 20.9 Å². The Morgan fingerprint density at radius 3 is 2.65 bits per heavy atom. The van der Waals surface area contributed by atoms with Crippen molar-refractivity contribution in [1.29, 1.82) is 0 Å². The molecule has 0 fully saturated rings. The Balaban J connectivity index is 1.57. The minimum atomic E-state index is -4.59. The van der Waals surface area contributed by atoms with Crippen LogP contribution in [0.25, 0.3) is 5.57 Å². The zero-order valence-corrected chi connectivity index (χ0v) is 15.9. The van der Waals surface area contributed by atoms with Gasteiger partial charge in [0.05, 0.1) is 29.1 Å². The normalized spacial score (nSPS) is 14.3. The highest BCUT2D eigenvalue weighted by Crippen LogP contribution is 2.37. The van der Waals surface area contributed by atoms with E-state index in [0.717, 1.165) is 6.07 Å². The third-order valence-corrected chi connectivity index (χ3v) is 4.66. The smallest absolute Gasteiger partial charge is 0.379 e. The number of carbonyl (C=O) groups excluding carboxylic acids is 1. The van der Waals surface area contributed by atoms with E-state index in [1.807, 2.05) is 0 Å². The van der Waals surface area contributed by atoms with Gasteiger partial charge in [-0.3, -0.25) is 9.78 Å². The van der Waals surface area contributed by atoms with E-state index in [4.69, 9.17) is 0 Å². The quantitative estimate of drug-likeness (QED) is 0.383. The van der Waals surface area contributed by atoms with Crippen molar-refractivity contribution in [1.82, 2.24) is 4.98 Å². The maximum Gasteiger partial charge on any atom is 0.418 e. The Labute approximate surface area is 174 Å². The monoisotopic (exact) mass is 428 g/mol. The first kappa shape index (κ1) is 20.4. The molecule has 0 saturated carbocycles. The fourth-order valence-corrected chi connectivity index (χ4v) is 3.18. The SMILES string of the molecule is O=C1Nc2cc(F)ccc2/C1=C\Nc1ccc(NCc2ccccn2)c(C(F)(F)F)c1. The molecule has 0 bridgehead atoms. The Morgan fingerprint density at radius 1 is 1.06 bits per heavy atom. The summed E-state index contributed by atoms with van der Waals surface area (Å²) in [5.74, 6) is -0.977. The van der Waals surface area contributed by atoms with Crippen molar-refractivity contribution in [2.24, 2.45) is 0 Å². The summed E-state index contributed by atoms with van der Waals surface area (Å²) in [6, 6.07) is 12.7. The standard InChI is InChI=1S/C22H16F4N4O/c23-13-4-6-16-17(21(31)30-20(16)9-13)12-28-14-5-7-19(18(10-14)22(24,25)26)29-11-15-3-1-2-8-27-15/h1-10,12,28-29H,11H2,(H,30,31)/b17-12+. The number of nitrogens with zero attached hydrogens (tertiary/aromatic N) is 1. The highest BCUT2D eigenvalue weighted by atomic mass is 19.4. The number of carbonyl (C=O) groups is 1. The predicted octanol–water partition coefficient (Wildman–Crippen LogP) is 5.26. The molecule has 0 radical (unpaired) electrons. The fraction of sp³-hybridized carbons (Fsp3) is 0.0909. The van der Waals surface area contributed by atoms with Gasteiger partial charge in [0.1, 0.15) is 5.82 Å². The lowest BCUT2D eigenvalue weighted by molar-refractivity contribution is -0.136. The lowest BCUT2D eigenvalue weighted by Gasteiger charge is -2.16. The van der Waals surface area contributed by atoms with Gasteiger partial charge in [-0.2, -0.15) is 13.2 Å². The number of hydrogen-bond donors (Lipinski definition) is 3. The van der Waals surface area contributed by atoms with Crippen LogP contribution in [0.15, 0.2) is 67.0 Å². The number of nitrogens with one attached hydrogen (secondary N) is 3. The molecule has 0 saturated heterocycles. The predicted molar refractivity (Wildman–Crippen MR) is 110 cm³/mol. The van der Waals surface area contributed by atoms with Gasteiger partial charge in [-0.15, -0.1) is 0 Å². The maximum atomic E-state index is 13.6. The topological polar surface area (TPSA) is 66.1 Å². The van der Waals surface area contributed by atoms with Crippen LogP contribution >= 0.6 is 0 Å². The Kier molecular flexibility index (Phi) is 5.33. The average molecular weight is 428 g/mol. The molecule has 0 unspecified atom stereocenters. The number of alkyl halides is 3. The molecule has 0 atom stereocenters. The molecule has 3 N–H and O–H groups in total. The van der Waals surface area contributed by atoms with E-state index >= 15 is 0 Å². The van der Waals surface area contributed by atoms with Crippen LogP contribution in [0.3, 0.4) is 0 Å². The molecule has 158 valence electrons. The first-order chi connectivity index (χ1) is 14.8. The number of aromatic nitrogens is 1. The second-order valence-corrected chi connectivity index (χ2v) is 6.78. The van der Waals surface area contributed by atoms with Gasteiger partial charge >= 0.3 is 6.18 Å². The van der Waals surface area contributed by atoms with Crippen LogP contribution in [0, 0.1) is 5.82 Å². The molecule has 4 rings (SSSR count). The number of fused-ring (bicyclic) bond motifs is 1. The van der Waals surface area contributed by atoms with E-state index in [0.29, 0.717) is 16.9 Å². The number of pyridine rings is 1. The molecule has 1 aliphatic rings. The molecule has 9 heteroatoms. The van der Waals surface area contributed by atoms with Crippen molar-refractivity contribution in [3.63, 3.8) is 0 Å². The number of halogens is 4. The Bertz CT molecular complexity index is 1160. The first-order valence-corrected chi connectivity index (χ1v) is 9.24. The third kappa shape index (κ3) is 4.50. The molecule has 1 aliphatic heterocycles. The van der Waals surface area contributed by atoms with Crippen LogP contribution in [0.2, 0.25) is 0 Å². The summed E-state index contributed by atoms with van der Waals surface area (Å²) in [7, 11) is 0. The number of benzene rings is 2. The van der Waals surface area contributed by atoms with Crippen LogP contribution in [0.4, 0.5) is 34.6 Å². The zero-order valence-electron chi connectivity index (χ0n) is 15.9. The minimum Gasteiger partial charge on any atom is -0.379 e. The van der Waals surface area contributed by atoms with Crippen molar-refractivity contribution in [3.8, 4) is 0 Å². The van der Waals surface area contributed by atoms with Crippen molar-refractivity contribution in [2.75, 3.05) is 16.0 Å². The molecule has 0 aliphatic carbocycles. The molecule has 1 amide bonds. The van der Waals surface area contributed by atoms with Gasteiger partial charge in [0, 0.05) is 29.3 Å². The summed E-state index contributed by atoms with van der Waals surface area (Å²) >= 11 is 0. The molecule has 5 nitrogen and oxygen atoms in total. The maximum absolute atomic E-state index is 13.6. The van der Waals surface area contributed by atoms with Gasteiger partial charge in [0.15, 0.2) is 0 Å². The van der Waals surface area contributed by atoms with Crippen molar-refractivity contribution in [2.45, 2.75) is 12.7 Å². The molecular weight excluding hydrogens is 412 g/mol. The summed E-state index contributed by atoms with van der Waals surface area (Å²) in [5, 5.41) is 8.01. The molecule has 31 heavy (non-hydrogen) atoms. The summed E-state index contributed by atoms with van der Waals surface area (Å²) in [6.45, 7) is 0.133. The van der Waals surface area contributed by atoms with Crippen LogP contribution < -0.4 is 16.0 Å². The van der Waals surface area contributed by atoms with E-state index < -0.39 is 23.5 Å². The van der Waals surface area contributed by atoms with Gasteiger partial charge in [-0.05, 0) is 48.5 Å². The molecular formula is C22H16F4N4O. The fourth-order valence-electron chi connectivity index (χ4n) is 3.18. The van der Waals surface area contributed by atoms with Gasteiger partial charge in [0.25, 0.3) is 5.91 Å². The summed E-state index contributed by atoms with van der Waals surface area (Å²) in [6.07, 6.45) is -1.73. The summed E-state index contributed by atoms with van der Waals surface area (Å²) in [5.41, 5.74) is 0.769. The van der Waals surface area contributed by atoms with Gasteiger partial charge < -0.3 is 16.0 Å². The van der Waals surface area contributed by atoms with Gasteiger partial charge in [-0.25, -0.2) is 4.39 Å². The first-order valence-electron chi connectivity index (χ1n) is 9.24. The number of rotatable bonds is 5. The van der Waals surface area contributed by atoms with Gasteiger partial charge in [0.2, 0.25) is 0 Å². The second kappa shape index (κ2) is 8.10. The molecule has 1 aromatic heterocycles. The van der Waals surface area contributed by atoms with Crippen molar-refractivity contribution >= 4 is 28.5 Å². The summed E-state index contributed by atoms with van der Waals surface area (Å²) < 4.78 is 54.1.